The lowest BCUT2D eigenvalue weighted by Gasteiger charge is -2.17. The van der Waals surface area contributed by atoms with Gasteiger partial charge in [0.05, 0.1) is 16.9 Å². The van der Waals surface area contributed by atoms with E-state index in [4.69, 9.17) is 0 Å². The number of phenolic OH excluding ortho intramolecular Hbond substituents is 1. The number of para-hydroxylation sites is 2. The molecule has 37 heavy (non-hydrogen) atoms. The molecule has 0 atom stereocenters. The highest BCUT2D eigenvalue weighted by Crippen LogP contribution is 2.38. The van der Waals surface area contributed by atoms with Crippen molar-refractivity contribution in [2.24, 2.45) is 5.10 Å². The van der Waals surface area contributed by atoms with Gasteiger partial charge in [0.15, 0.2) is 5.71 Å². The third kappa shape index (κ3) is 4.54. The maximum absolute atomic E-state index is 13.5. The quantitative estimate of drug-likeness (QED) is 0.211. The van der Waals surface area contributed by atoms with Crippen LogP contribution >= 0.6 is 0 Å². The number of nitrogens with zero attached hydrogens (tertiary/aromatic N) is 2. The SMILES string of the molecule is CCCc1ccc(N2C(=O)C(=NNc3cccc(-c4cccc(C(=O)O)c4)c3O)c3ccccc32)cc1. The Labute approximate surface area is 214 Å². The van der Waals surface area contributed by atoms with Gasteiger partial charge in [-0.05, 0) is 53.9 Å². The van der Waals surface area contributed by atoms with Gasteiger partial charge in [0, 0.05) is 16.8 Å². The van der Waals surface area contributed by atoms with E-state index in [9.17, 15) is 19.8 Å². The molecule has 0 radical (unpaired) electrons. The topological polar surface area (TPSA) is 102 Å². The summed E-state index contributed by atoms with van der Waals surface area (Å²) in [5.74, 6) is -1.43. The van der Waals surface area contributed by atoms with Gasteiger partial charge >= 0.3 is 5.97 Å². The third-order valence-electron chi connectivity index (χ3n) is 6.28. The van der Waals surface area contributed by atoms with Crippen LogP contribution in [0.3, 0.4) is 0 Å². The number of hydrazone groups is 1. The number of rotatable bonds is 7. The number of hydrogen-bond donors (Lipinski definition) is 3. The maximum atomic E-state index is 13.5. The zero-order valence-corrected chi connectivity index (χ0v) is 20.2. The molecule has 0 bridgehead atoms. The van der Waals surface area contributed by atoms with E-state index in [-0.39, 0.29) is 22.9 Å². The molecule has 5 rings (SSSR count). The van der Waals surface area contributed by atoms with Crippen LogP contribution in [0.1, 0.15) is 34.8 Å². The van der Waals surface area contributed by atoms with Gasteiger partial charge in [0.2, 0.25) is 0 Å². The third-order valence-corrected chi connectivity index (χ3v) is 6.28. The summed E-state index contributed by atoms with van der Waals surface area (Å²) >= 11 is 0. The zero-order chi connectivity index (χ0) is 25.9. The number of aryl methyl sites for hydroxylation is 1. The zero-order valence-electron chi connectivity index (χ0n) is 20.2. The molecule has 1 aliphatic rings. The van der Waals surface area contributed by atoms with Gasteiger partial charge in [0.1, 0.15) is 5.75 Å². The number of benzene rings is 4. The Morgan fingerprint density at radius 3 is 2.41 bits per heavy atom. The van der Waals surface area contributed by atoms with E-state index in [1.165, 1.54) is 17.7 Å². The number of phenols is 1. The van der Waals surface area contributed by atoms with E-state index in [0.29, 0.717) is 22.4 Å². The Balaban J connectivity index is 1.47. The second-order valence-corrected chi connectivity index (χ2v) is 8.73. The smallest absolute Gasteiger partial charge is 0.335 e. The Morgan fingerprint density at radius 2 is 1.65 bits per heavy atom. The highest BCUT2D eigenvalue weighted by molar-refractivity contribution is 6.55. The minimum absolute atomic E-state index is 0.100. The number of carboxylic acid groups (broad SMARTS) is 1. The summed E-state index contributed by atoms with van der Waals surface area (Å²) in [7, 11) is 0. The maximum Gasteiger partial charge on any atom is 0.335 e. The molecule has 0 spiro atoms. The average molecular weight is 492 g/mol. The molecule has 0 unspecified atom stereocenters. The molecular formula is C30H25N3O4. The van der Waals surface area contributed by atoms with Crippen LogP contribution in [-0.2, 0) is 11.2 Å². The first kappa shape index (κ1) is 23.8. The standard InChI is InChI=1S/C30H25N3O4/c1-2-7-19-14-16-22(17-15-19)33-26-13-4-3-10-24(26)27(29(33)35)32-31-25-12-6-11-23(28(25)34)20-8-5-9-21(18-20)30(36)37/h3-6,8-18,31,34H,2,7H2,1H3,(H,36,37). The van der Waals surface area contributed by atoms with E-state index in [1.54, 1.807) is 35.2 Å². The fourth-order valence-electron chi connectivity index (χ4n) is 4.47. The molecule has 0 saturated carbocycles. The molecule has 1 amide bonds. The lowest BCUT2D eigenvalue weighted by atomic mass is 10.0. The molecule has 184 valence electrons. The number of carbonyl (C=O) groups excluding carboxylic acids is 1. The van der Waals surface area contributed by atoms with Crippen molar-refractivity contribution < 1.29 is 19.8 Å². The van der Waals surface area contributed by atoms with Crippen LogP contribution in [-0.4, -0.2) is 27.8 Å². The molecule has 0 aliphatic carbocycles. The predicted octanol–water partition coefficient (Wildman–Crippen LogP) is 6.20. The average Bonchev–Trinajstić information content (AvgIpc) is 3.20. The number of aromatic hydroxyl groups is 1. The number of carbonyl (C=O) groups is 2. The van der Waals surface area contributed by atoms with Gasteiger partial charge in [-0.3, -0.25) is 15.1 Å². The Bertz CT molecular complexity index is 1530. The number of fused-ring (bicyclic) bond motifs is 1. The predicted molar refractivity (Wildman–Crippen MR) is 145 cm³/mol. The van der Waals surface area contributed by atoms with Crippen molar-refractivity contribution in [3.63, 3.8) is 0 Å². The molecule has 4 aromatic rings. The highest BCUT2D eigenvalue weighted by Gasteiger charge is 2.35. The summed E-state index contributed by atoms with van der Waals surface area (Å²) in [6.07, 6.45) is 2.02. The van der Waals surface area contributed by atoms with Crippen molar-refractivity contribution in [2.45, 2.75) is 19.8 Å². The van der Waals surface area contributed by atoms with Crippen molar-refractivity contribution in [2.75, 3.05) is 10.3 Å². The van der Waals surface area contributed by atoms with Crippen molar-refractivity contribution in [3.05, 3.63) is 108 Å². The van der Waals surface area contributed by atoms with Gasteiger partial charge in [-0.15, -0.1) is 0 Å². The number of aromatic carboxylic acids is 1. The summed E-state index contributed by atoms with van der Waals surface area (Å²) in [6, 6.07) is 26.8. The van der Waals surface area contributed by atoms with Gasteiger partial charge in [0.25, 0.3) is 5.91 Å². The number of nitrogens with one attached hydrogen (secondary N) is 1. The minimum atomic E-state index is -1.05. The largest absolute Gasteiger partial charge is 0.505 e. The van der Waals surface area contributed by atoms with Crippen molar-refractivity contribution in [1.29, 1.82) is 0 Å². The Hall–Kier alpha value is -4.91. The number of amides is 1. The first-order valence-corrected chi connectivity index (χ1v) is 12.0. The van der Waals surface area contributed by atoms with Crippen LogP contribution < -0.4 is 10.3 Å². The van der Waals surface area contributed by atoms with E-state index >= 15 is 0 Å². The lowest BCUT2D eigenvalue weighted by Crippen LogP contribution is -2.26. The summed E-state index contributed by atoms with van der Waals surface area (Å²) < 4.78 is 0. The normalized spacial score (nSPS) is 13.6. The lowest BCUT2D eigenvalue weighted by molar-refractivity contribution is -0.111. The monoisotopic (exact) mass is 491 g/mol. The molecule has 3 N–H and O–H groups in total. The second-order valence-electron chi connectivity index (χ2n) is 8.73. The van der Waals surface area contributed by atoms with Crippen molar-refractivity contribution >= 4 is 34.7 Å². The van der Waals surface area contributed by atoms with Gasteiger partial charge < -0.3 is 10.2 Å². The Kier molecular flexibility index (Phi) is 6.43. The first-order valence-electron chi connectivity index (χ1n) is 12.0. The molecular weight excluding hydrogens is 466 g/mol. The molecule has 0 aromatic heterocycles. The van der Waals surface area contributed by atoms with Crippen molar-refractivity contribution in [1.82, 2.24) is 0 Å². The number of hydrogen-bond acceptors (Lipinski definition) is 5. The molecule has 4 aromatic carbocycles. The molecule has 1 aliphatic heterocycles. The molecule has 1 heterocycles. The highest BCUT2D eigenvalue weighted by atomic mass is 16.4. The summed E-state index contributed by atoms with van der Waals surface area (Å²) in [4.78, 5) is 26.5. The van der Waals surface area contributed by atoms with E-state index in [1.807, 2.05) is 48.5 Å². The van der Waals surface area contributed by atoms with Gasteiger partial charge in [-0.2, -0.15) is 5.10 Å². The van der Waals surface area contributed by atoms with Crippen LogP contribution in [0.25, 0.3) is 11.1 Å². The summed E-state index contributed by atoms with van der Waals surface area (Å²) in [5.41, 5.74) is 7.86. The van der Waals surface area contributed by atoms with Gasteiger partial charge in [-0.25, -0.2) is 4.79 Å². The van der Waals surface area contributed by atoms with Gasteiger partial charge in [-0.1, -0.05) is 67.9 Å². The molecule has 0 fully saturated rings. The summed E-state index contributed by atoms with van der Waals surface area (Å²) in [6.45, 7) is 2.13. The van der Waals surface area contributed by atoms with E-state index < -0.39 is 5.97 Å². The first-order chi connectivity index (χ1) is 18.0. The summed E-state index contributed by atoms with van der Waals surface area (Å²) in [5, 5.41) is 24.6. The molecule has 7 heteroatoms. The van der Waals surface area contributed by atoms with Crippen molar-refractivity contribution in [3.8, 4) is 16.9 Å². The van der Waals surface area contributed by atoms with E-state index in [2.05, 4.69) is 17.5 Å². The second kappa shape index (κ2) is 9.99. The van der Waals surface area contributed by atoms with Crippen LogP contribution in [0.5, 0.6) is 5.75 Å². The van der Waals surface area contributed by atoms with Crippen LogP contribution in [0.15, 0.2) is 96.1 Å². The van der Waals surface area contributed by atoms with Crippen LogP contribution in [0, 0.1) is 0 Å². The van der Waals surface area contributed by atoms with Crippen LogP contribution in [0.4, 0.5) is 17.1 Å². The number of carboxylic acids is 1. The van der Waals surface area contributed by atoms with E-state index in [0.717, 1.165) is 24.2 Å². The Morgan fingerprint density at radius 1 is 0.919 bits per heavy atom. The number of anilines is 3. The molecule has 0 saturated heterocycles. The fourth-order valence-corrected chi connectivity index (χ4v) is 4.47. The fraction of sp³-hybridized carbons (Fsp3) is 0.100. The van der Waals surface area contributed by atoms with Crippen LogP contribution in [0.2, 0.25) is 0 Å². The minimum Gasteiger partial charge on any atom is -0.505 e. The molecule has 7 nitrogen and oxygen atoms in total.